The zero-order valence-corrected chi connectivity index (χ0v) is 12.6. The summed E-state index contributed by atoms with van der Waals surface area (Å²) in [4.78, 5) is 11.9. The van der Waals surface area contributed by atoms with Crippen LogP contribution in [-0.2, 0) is 11.8 Å². The highest BCUT2D eigenvalue weighted by Crippen LogP contribution is 2.17. The minimum atomic E-state index is -0.317. The van der Waals surface area contributed by atoms with Crippen molar-refractivity contribution in [3.8, 4) is 0 Å². The number of nitrogens with zero attached hydrogens (tertiary/aromatic N) is 2. The average Bonchev–Trinajstić information content (AvgIpc) is 2.65. The van der Waals surface area contributed by atoms with Gasteiger partial charge in [-0.15, -0.1) is 0 Å². The molecular formula is C16H18FN3O. The van der Waals surface area contributed by atoms with Crippen LogP contribution in [0.15, 0.2) is 24.3 Å². The number of anilines is 1. The van der Waals surface area contributed by atoms with Crippen LogP contribution in [0.3, 0.4) is 0 Å². The number of rotatable bonds is 3. The zero-order valence-electron chi connectivity index (χ0n) is 12.6. The van der Waals surface area contributed by atoms with E-state index in [1.807, 2.05) is 20.9 Å². The molecule has 0 radical (unpaired) electrons. The van der Waals surface area contributed by atoms with Gasteiger partial charge in [-0.2, -0.15) is 5.10 Å². The third-order valence-electron chi connectivity index (χ3n) is 3.41. The van der Waals surface area contributed by atoms with Gasteiger partial charge in [0.25, 0.3) is 0 Å². The van der Waals surface area contributed by atoms with Gasteiger partial charge >= 0.3 is 0 Å². The summed E-state index contributed by atoms with van der Waals surface area (Å²) in [5.74, 6) is -0.574. The fraction of sp³-hybridized carbons (Fsp3) is 0.250. The van der Waals surface area contributed by atoms with Crippen LogP contribution in [0.1, 0.15) is 22.5 Å². The molecule has 110 valence electrons. The third-order valence-corrected chi connectivity index (χ3v) is 3.41. The normalized spacial score (nSPS) is 11.1. The fourth-order valence-corrected chi connectivity index (χ4v) is 2.13. The quantitative estimate of drug-likeness (QED) is 0.882. The lowest BCUT2D eigenvalue weighted by atomic mass is 10.1. The van der Waals surface area contributed by atoms with E-state index in [1.165, 1.54) is 18.2 Å². The van der Waals surface area contributed by atoms with Crippen molar-refractivity contribution in [2.75, 3.05) is 5.32 Å². The van der Waals surface area contributed by atoms with Gasteiger partial charge in [-0.25, -0.2) is 4.39 Å². The van der Waals surface area contributed by atoms with E-state index in [9.17, 15) is 9.18 Å². The van der Waals surface area contributed by atoms with E-state index in [2.05, 4.69) is 10.4 Å². The highest BCUT2D eigenvalue weighted by molar-refractivity contribution is 6.02. The molecule has 0 aliphatic heterocycles. The van der Waals surface area contributed by atoms with Crippen LogP contribution in [0.25, 0.3) is 6.08 Å². The predicted molar refractivity (Wildman–Crippen MR) is 81.5 cm³/mol. The number of aryl methyl sites for hydroxylation is 3. The summed E-state index contributed by atoms with van der Waals surface area (Å²) in [5.41, 5.74) is 4.09. The summed E-state index contributed by atoms with van der Waals surface area (Å²) < 4.78 is 14.8. The van der Waals surface area contributed by atoms with Gasteiger partial charge in [0, 0.05) is 30.1 Å². The molecule has 1 amide bonds. The number of aromatic nitrogens is 2. The smallest absolute Gasteiger partial charge is 0.248 e. The first-order valence-corrected chi connectivity index (χ1v) is 6.64. The van der Waals surface area contributed by atoms with E-state index in [4.69, 9.17) is 0 Å². The minimum Gasteiger partial charge on any atom is -0.322 e. The van der Waals surface area contributed by atoms with Gasteiger partial charge < -0.3 is 5.32 Å². The van der Waals surface area contributed by atoms with Crippen LogP contribution >= 0.6 is 0 Å². The zero-order chi connectivity index (χ0) is 15.6. The van der Waals surface area contributed by atoms with Gasteiger partial charge in [0.2, 0.25) is 5.91 Å². The molecule has 2 aromatic rings. The summed E-state index contributed by atoms with van der Waals surface area (Å²) in [6.45, 7) is 5.59. The Balaban J connectivity index is 2.13. The topological polar surface area (TPSA) is 46.9 Å². The van der Waals surface area contributed by atoms with Crippen LogP contribution in [-0.4, -0.2) is 15.7 Å². The maximum Gasteiger partial charge on any atom is 0.248 e. The van der Waals surface area contributed by atoms with Crippen molar-refractivity contribution in [1.29, 1.82) is 0 Å². The lowest BCUT2D eigenvalue weighted by molar-refractivity contribution is -0.111. The van der Waals surface area contributed by atoms with Crippen LogP contribution in [0.4, 0.5) is 10.1 Å². The molecule has 0 bridgehead atoms. The standard InChI is InChI=1S/C16H18FN3O/c1-10-9-13(17)5-7-15(10)18-16(21)8-6-14-11(2)19-20(4)12(14)3/h5-9H,1-4H3,(H,18,21)/b8-6+. The Labute approximate surface area is 123 Å². The molecule has 5 heteroatoms. The second-order valence-corrected chi connectivity index (χ2v) is 4.99. The van der Waals surface area contributed by atoms with Gasteiger partial charge in [-0.3, -0.25) is 9.48 Å². The first-order chi connectivity index (χ1) is 9.88. The van der Waals surface area contributed by atoms with Gasteiger partial charge in [0.1, 0.15) is 5.82 Å². The first-order valence-electron chi connectivity index (χ1n) is 6.64. The number of hydrogen-bond donors (Lipinski definition) is 1. The summed E-state index contributed by atoms with van der Waals surface area (Å²) >= 11 is 0. The molecule has 0 saturated heterocycles. The number of benzene rings is 1. The minimum absolute atomic E-state index is 0.257. The van der Waals surface area contributed by atoms with E-state index < -0.39 is 0 Å². The Hall–Kier alpha value is -2.43. The van der Waals surface area contributed by atoms with Crippen LogP contribution < -0.4 is 5.32 Å². The van der Waals surface area contributed by atoms with E-state index in [0.717, 1.165) is 17.0 Å². The highest BCUT2D eigenvalue weighted by Gasteiger charge is 2.07. The van der Waals surface area contributed by atoms with Gasteiger partial charge in [0.15, 0.2) is 0 Å². The molecule has 1 aromatic heterocycles. The molecule has 0 aliphatic carbocycles. The van der Waals surface area contributed by atoms with Crippen molar-refractivity contribution in [3.05, 3.63) is 52.6 Å². The van der Waals surface area contributed by atoms with Crippen molar-refractivity contribution in [3.63, 3.8) is 0 Å². The number of carbonyl (C=O) groups is 1. The van der Waals surface area contributed by atoms with Gasteiger partial charge in [-0.05, 0) is 50.6 Å². The molecule has 1 aromatic carbocycles. The molecule has 0 aliphatic rings. The number of carbonyl (C=O) groups excluding carboxylic acids is 1. The number of hydrogen-bond acceptors (Lipinski definition) is 2. The van der Waals surface area contributed by atoms with E-state index in [-0.39, 0.29) is 11.7 Å². The summed E-state index contributed by atoms with van der Waals surface area (Å²) in [6, 6.07) is 4.26. The van der Waals surface area contributed by atoms with Gasteiger partial charge in [-0.1, -0.05) is 0 Å². The van der Waals surface area contributed by atoms with E-state index >= 15 is 0 Å². The summed E-state index contributed by atoms with van der Waals surface area (Å²) in [5, 5.41) is 7.02. The number of nitrogens with one attached hydrogen (secondary N) is 1. The molecule has 21 heavy (non-hydrogen) atoms. The molecule has 0 fully saturated rings. The monoisotopic (exact) mass is 287 g/mol. The Morgan fingerprint density at radius 2 is 2.05 bits per heavy atom. The Morgan fingerprint density at radius 1 is 1.33 bits per heavy atom. The Bertz CT molecular complexity index is 717. The molecule has 0 saturated carbocycles. The van der Waals surface area contributed by atoms with Crippen LogP contribution in [0.2, 0.25) is 0 Å². The lowest BCUT2D eigenvalue weighted by Gasteiger charge is -2.06. The maximum absolute atomic E-state index is 13.0. The molecule has 4 nitrogen and oxygen atoms in total. The van der Waals surface area contributed by atoms with Crippen LogP contribution in [0, 0.1) is 26.6 Å². The summed E-state index contributed by atoms with van der Waals surface area (Å²) in [6.07, 6.45) is 3.20. The average molecular weight is 287 g/mol. The predicted octanol–water partition coefficient (Wildman–Crippen LogP) is 3.14. The van der Waals surface area contributed by atoms with Crippen LogP contribution in [0.5, 0.6) is 0 Å². The van der Waals surface area contributed by atoms with Crippen molar-refractivity contribution in [2.45, 2.75) is 20.8 Å². The van der Waals surface area contributed by atoms with Crippen molar-refractivity contribution in [2.24, 2.45) is 7.05 Å². The van der Waals surface area contributed by atoms with E-state index in [0.29, 0.717) is 11.3 Å². The maximum atomic E-state index is 13.0. The second-order valence-electron chi connectivity index (χ2n) is 4.99. The third kappa shape index (κ3) is 3.37. The number of halogens is 1. The molecule has 1 heterocycles. The largest absolute Gasteiger partial charge is 0.322 e. The molecule has 0 unspecified atom stereocenters. The first kappa shape index (κ1) is 15.0. The highest BCUT2D eigenvalue weighted by atomic mass is 19.1. The Kier molecular flexibility index (Phi) is 4.21. The molecular weight excluding hydrogens is 269 g/mol. The summed E-state index contributed by atoms with van der Waals surface area (Å²) in [7, 11) is 1.86. The van der Waals surface area contributed by atoms with Crippen molar-refractivity contribution < 1.29 is 9.18 Å². The van der Waals surface area contributed by atoms with Crippen molar-refractivity contribution in [1.82, 2.24) is 9.78 Å². The fourth-order valence-electron chi connectivity index (χ4n) is 2.13. The lowest BCUT2D eigenvalue weighted by Crippen LogP contribution is -2.09. The molecule has 2 rings (SSSR count). The van der Waals surface area contributed by atoms with E-state index in [1.54, 1.807) is 23.7 Å². The number of amides is 1. The second kappa shape index (κ2) is 5.91. The SMILES string of the molecule is Cc1cc(F)ccc1NC(=O)/C=C/c1c(C)nn(C)c1C. The van der Waals surface area contributed by atoms with Gasteiger partial charge in [0.05, 0.1) is 5.69 Å². The molecule has 0 spiro atoms. The Morgan fingerprint density at radius 3 is 2.62 bits per heavy atom. The van der Waals surface area contributed by atoms with Crippen molar-refractivity contribution >= 4 is 17.7 Å². The molecule has 1 N–H and O–H groups in total. The molecule has 0 atom stereocenters.